The van der Waals surface area contributed by atoms with Crippen molar-refractivity contribution in [3.05, 3.63) is 23.8 Å². The molecule has 1 rings (SSSR count). The Kier molecular flexibility index (Phi) is 5.79. The molecular formula is C16H26N2O4. The molecule has 6 nitrogen and oxygen atoms in total. The van der Waals surface area contributed by atoms with Gasteiger partial charge in [-0.15, -0.1) is 0 Å². The highest BCUT2D eigenvalue weighted by atomic mass is 16.6. The van der Waals surface area contributed by atoms with Crippen LogP contribution in [0.2, 0.25) is 0 Å². The van der Waals surface area contributed by atoms with Gasteiger partial charge in [0.1, 0.15) is 11.4 Å². The maximum atomic E-state index is 12.0. The molecule has 124 valence electrons. The molecule has 1 unspecified atom stereocenters. The number of methoxy groups -OCH3 is 1. The topological polar surface area (TPSA) is 93.8 Å². The van der Waals surface area contributed by atoms with Gasteiger partial charge in [-0.05, 0) is 45.7 Å². The van der Waals surface area contributed by atoms with Crippen LogP contribution in [0.5, 0.6) is 5.75 Å². The molecule has 1 aromatic rings. The van der Waals surface area contributed by atoms with Crippen molar-refractivity contribution < 1.29 is 19.4 Å². The van der Waals surface area contributed by atoms with Crippen LogP contribution in [-0.4, -0.2) is 36.1 Å². The van der Waals surface area contributed by atoms with Gasteiger partial charge in [0.15, 0.2) is 0 Å². The zero-order valence-corrected chi connectivity index (χ0v) is 13.9. The fourth-order valence-corrected chi connectivity index (χ4v) is 1.86. The van der Waals surface area contributed by atoms with E-state index in [9.17, 15) is 9.90 Å². The maximum absolute atomic E-state index is 12.0. The highest BCUT2D eigenvalue weighted by molar-refractivity contribution is 5.86. The van der Waals surface area contributed by atoms with Gasteiger partial charge in [0.2, 0.25) is 0 Å². The predicted octanol–water partition coefficient (Wildman–Crippen LogP) is 2.29. The zero-order valence-electron chi connectivity index (χ0n) is 13.9. The largest absolute Gasteiger partial charge is 0.497 e. The highest BCUT2D eigenvalue weighted by Gasteiger charge is 2.22. The van der Waals surface area contributed by atoms with Gasteiger partial charge in [0, 0.05) is 11.6 Å². The van der Waals surface area contributed by atoms with Crippen LogP contribution in [0.15, 0.2) is 18.2 Å². The normalized spacial score (nSPS) is 14.1. The number of ether oxygens (including phenoxy) is 2. The molecule has 0 fully saturated rings. The van der Waals surface area contributed by atoms with E-state index in [1.165, 1.54) is 0 Å². The van der Waals surface area contributed by atoms with Crippen molar-refractivity contribution in [1.82, 2.24) is 0 Å². The second kappa shape index (κ2) is 6.98. The van der Waals surface area contributed by atoms with Gasteiger partial charge in [0.05, 0.1) is 19.4 Å². The van der Waals surface area contributed by atoms with Gasteiger partial charge in [0.25, 0.3) is 0 Å². The number of aliphatic hydroxyl groups is 1. The monoisotopic (exact) mass is 310 g/mol. The van der Waals surface area contributed by atoms with Crippen LogP contribution in [0, 0.1) is 0 Å². The molecule has 0 spiro atoms. The molecule has 0 aliphatic rings. The third-order valence-electron chi connectivity index (χ3n) is 2.91. The lowest BCUT2D eigenvalue weighted by Crippen LogP contribution is -2.42. The predicted molar refractivity (Wildman–Crippen MR) is 86.2 cm³/mol. The lowest BCUT2D eigenvalue weighted by Gasteiger charge is -2.24. The Morgan fingerprint density at radius 3 is 2.45 bits per heavy atom. The van der Waals surface area contributed by atoms with Crippen LogP contribution in [0.4, 0.5) is 10.5 Å². The fourth-order valence-electron chi connectivity index (χ4n) is 1.86. The minimum atomic E-state index is -0.779. The summed E-state index contributed by atoms with van der Waals surface area (Å²) < 4.78 is 10.4. The number of nitrogens with two attached hydrogens (primary N) is 1. The number of carbonyl (C=O) groups excluding carboxylic acids is 1. The van der Waals surface area contributed by atoms with Gasteiger partial charge >= 0.3 is 6.09 Å². The summed E-state index contributed by atoms with van der Waals surface area (Å²) in [5.74, 6) is 0.609. The molecule has 6 heteroatoms. The molecule has 0 saturated heterocycles. The van der Waals surface area contributed by atoms with Gasteiger partial charge in [-0.1, -0.05) is 6.07 Å². The molecule has 4 N–H and O–H groups in total. The van der Waals surface area contributed by atoms with Gasteiger partial charge in [-0.2, -0.15) is 0 Å². The summed E-state index contributed by atoms with van der Waals surface area (Å²) in [7, 11) is 1.55. The van der Waals surface area contributed by atoms with E-state index >= 15 is 0 Å². The first-order valence-corrected chi connectivity index (χ1v) is 7.13. The number of amides is 1. The Balaban J connectivity index is 3.01. The summed E-state index contributed by atoms with van der Waals surface area (Å²) in [4.78, 5) is 12.0. The summed E-state index contributed by atoms with van der Waals surface area (Å²) in [5.41, 5.74) is 5.98. The summed E-state index contributed by atoms with van der Waals surface area (Å²) in [6, 6.07) is 5.29. The summed E-state index contributed by atoms with van der Waals surface area (Å²) in [6.45, 7) is 6.96. The van der Waals surface area contributed by atoms with Gasteiger partial charge in [-0.25, -0.2) is 4.79 Å². The first-order chi connectivity index (χ1) is 10.1. The first-order valence-electron chi connectivity index (χ1n) is 7.13. The van der Waals surface area contributed by atoms with E-state index in [1.807, 2.05) is 6.07 Å². The highest BCUT2D eigenvalue weighted by Crippen LogP contribution is 2.26. The quantitative estimate of drug-likeness (QED) is 0.776. The molecule has 0 aliphatic carbocycles. The second-order valence-corrected chi connectivity index (χ2v) is 6.64. The molecule has 1 aromatic carbocycles. The van der Waals surface area contributed by atoms with Crippen molar-refractivity contribution in [2.24, 2.45) is 5.73 Å². The average molecular weight is 310 g/mol. The van der Waals surface area contributed by atoms with E-state index in [-0.39, 0.29) is 6.61 Å². The number of aliphatic hydroxyl groups excluding tert-OH is 1. The molecule has 0 bridgehead atoms. The summed E-state index contributed by atoms with van der Waals surface area (Å²) >= 11 is 0. The van der Waals surface area contributed by atoms with Crippen molar-refractivity contribution >= 4 is 11.8 Å². The summed E-state index contributed by atoms with van der Waals surface area (Å²) in [6.07, 6.45) is -0.150. The lowest BCUT2D eigenvalue weighted by atomic mass is 9.93. The van der Waals surface area contributed by atoms with E-state index in [1.54, 1.807) is 46.9 Å². The molecular weight excluding hydrogens is 284 g/mol. The number of anilines is 1. The smallest absolute Gasteiger partial charge is 0.412 e. The molecule has 1 amide bonds. The maximum Gasteiger partial charge on any atom is 0.412 e. The van der Waals surface area contributed by atoms with Gasteiger partial charge in [-0.3, -0.25) is 5.32 Å². The molecule has 0 aromatic heterocycles. The van der Waals surface area contributed by atoms with Crippen molar-refractivity contribution in [1.29, 1.82) is 0 Å². The Morgan fingerprint density at radius 2 is 1.95 bits per heavy atom. The lowest BCUT2D eigenvalue weighted by molar-refractivity contribution is 0.0635. The Morgan fingerprint density at radius 1 is 1.32 bits per heavy atom. The Labute approximate surface area is 131 Å². The van der Waals surface area contributed by atoms with Crippen LogP contribution in [-0.2, 0) is 11.2 Å². The minimum Gasteiger partial charge on any atom is -0.497 e. The summed E-state index contributed by atoms with van der Waals surface area (Å²) in [5, 5.41) is 12.0. The van der Waals surface area contributed by atoms with Crippen molar-refractivity contribution in [2.45, 2.75) is 45.3 Å². The number of benzene rings is 1. The van der Waals surface area contributed by atoms with Crippen LogP contribution < -0.4 is 15.8 Å². The second-order valence-electron chi connectivity index (χ2n) is 6.64. The zero-order chi connectivity index (χ0) is 17.0. The SMILES string of the molecule is COc1ccc(CC(C)(N)CO)c(NC(=O)OC(C)(C)C)c1. The third-order valence-corrected chi connectivity index (χ3v) is 2.91. The Hall–Kier alpha value is -1.79. The Bertz CT molecular complexity index is 521. The standard InChI is InChI=1S/C16H26N2O4/c1-15(2,3)22-14(20)18-13-8-12(21-5)7-6-11(13)9-16(4,17)10-19/h6-8,19H,9-10,17H2,1-5H3,(H,18,20). The number of hydrogen-bond donors (Lipinski definition) is 3. The van der Waals surface area contributed by atoms with Crippen LogP contribution >= 0.6 is 0 Å². The van der Waals surface area contributed by atoms with E-state index in [4.69, 9.17) is 15.2 Å². The average Bonchev–Trinajstić information content (AvgIpc) is 2.38. The fraction of sp³-hybridized carbons (Fsp3) is 0.562. The first kappa shape index (κ1) is 18.3. The molecule has 22 heavy (non-hydrogen) atoms. The van der Waals surface area contributed by atoms with Crippen LogP contribution in [0.25, 0.3) is 0 Å². The van der Waals surface area contributed by atoms with Crippen LogP contribution in [0.1, 0.15) is 33.3 Å². The molecule has 0 aliphatic heterocycles. The number of carbonyl (C=O) groups is 1. The molecule has 1 atom stereocenters. The third kappa shape index (κ3) is 5.91. The number of rotatable bonds is 5. The molecule has 0 radical (unpaired) electrons. The van der Waals surface area contributed by atoms with Crippen LogP contribution in [0.3, 0.4) is 0 Å². The van der Waals surface area contributed by atoms with E-state index < -0.39 is 17.2 Å². The molecule has 0 saturated carbocycles. The van der Waals surface area contributed by atoms with Crippen molar-refractivity contribution in [2.75, 3.05) is 19.0 Å². The van der Waals surface area contributed by atoms with Crippen molar-refractivity contribution in [3.8, 4) is 5.75 Å². The van der Waals surface area contributed by atoms with E-state index in [2.05, 4.69) is 5.32 Å². The minimum absolute atomic E-state index is 0.162. The van der Waals surface area contributed by atoms with Gasteiger partial charge < -0.3 is 20.3 Å². The van der Waals surface area contributed by atoms with Crippen molar-refractivity contribution in [3.63, 3.8) is 0 Å². The number of hydrogen-bond acceptors (Lipinski definition) is 5. The van der Waals surface area contributed by atoms with E-state index in [0.29, 0.717) is 17.9 Å². The van der Waals surface area contributed by atoms with E-state index in [0.717, 1.165) is 5.56 Å². The molecule has 0 heterocycles. The number of nitrogens with one attached hydrogen (secondary N) is 1.